The number of halogens is 1. The van der Waals surface area contributed by atoms with Crippen LogP contribution < -0.4 is 5.32 Å². The van der Waals surface area contributed by atoms with Gasteiger partial charge in [-0.3, -0.25) is 0 Å². The molecule has 1 aromatic carbocycles. The van der Waals surface area contributed by atoms with Gasteiger partial charge in [-0.25, -0.2) is 4.39 Å². The van der Waals surface area contributed by atoms with Crippen LogP contribution in [-0.4, -0.2) is 32.1 Å². The van der Waals surface area contributed by atoms with Crippen LogP contribution in [0.4, 0.5) is 4.39 Å². The average Bonchev–Trinajstić information content (AvgIpc) is 2.29. The predicted molar refractivity (Wildman–Crippen MR) is 63.9 cm³/mol. The summed E-state index contributed by atoms with van der Waals surface area (Å²) in [5.41, 5.74) is 0.969. The molecule has 1 aromatic rings. The van der Waals surface area contributed by atoms with Crippen LogP contribution in [0, 0.1) is 5.82 Å². The van der Waals surface area contributed by atoms with E-state index >= 15 is 0 Å². The highest BCUT2D eigenvalue weighted by molar-refractivity contribution is 5.26. The van der Waals surface area contributed by atoms with Crippen LogP contribution in [0.3, 0.4) is 0 Å². The van der Waals surface area contributed by atoms with E-state index in [0.29, 0.717) is 0 Å². The molecule has 0 spiro atoms. The summed E-state index contributed by atoms with van der Waals surface area (Å²) in [6, 6.07) is 6.95. The Hall–Kier alpha value is -0.930. The Morgan fingerprint density at radius 2 is 2.25 bits per heavy atom. The van der Waals surface area contributed by atoms with Gasteiger partial charge in [0.1, 0.15) is 5.82 Å². The molecule has 16 heavy (non-hydrogen) atoms. The Balaban J connectivity index is 2.33. The Morgan fingerprint density at radius 1 is 1.44 bits per heavy atom. The molecule has 1 heterocycles. The molecule has 1 unspecified atom stereocenters. The van der Waals surface area contributed by atoms with E-state index in [-0.39, 0.29) is 11.4 Å². The largest absolute Gasteiger partial charge is 0.309 e. The Bertz CT molecular complexity index is 367. The Labute approximate surface area is 96.5 Å². The molecule has 0 saturated carbocycles. The third-order valence-electron chi connectivity index (χ3n) is 3.54. The third kappa shape index (κ3) is 2.11. The summed E-state index contributed by atoms with van der Waals surface area (Å²) in [5.74, 6) is -0.152. The molecular weight excluding hydrogens is 203 g/mol. The van der Waals surface area contributed by atoms with Crippen molar-refractivity contribution in [2.24, 2.45) is 0 Å². The molecule has 3 heteroatoms. The molecule has 1 N–H and O–H groups in total. The van der Waals surface area contributed by atoms with E-state index in [1.807, 2.05) is 13.1 Å². The molecule has 0 aromatic heterocycles. The van der Waals surface area contributed by atoms with Crippen molar-refractivity contribution >= 4 is 0 Å². The van der Waals surface area contributed by atoms with Gasteiger partial charge >= 0.3 is 0 Å². The molecule has 0 aliphatic carbocycles. The lowest BCUT2D eigenvalue weighted by Crippen LogP contribution is -2.52. The molecule has 2 rings (SSSR count). The van der Waals surface area contributed by atoms with Crippen molar-refractivity contribution in [1.82, 2.24) is 10.2 Å². The second-order valence-corrected chi connectivity index (χ2v) is 4.68. The minimum Gasteiger partial charge on any atom is -0.309 e. The summed E-state index contributed by atoms with van der Waals surface area (Å²) in [5, 5.41) is 3.38. The molecule has 0 amide bonds. The number of hydrogen-bond acceptors (Lipinski definition) is 2. The van der Waals surface area contributed by atoms with Crippen molar-refractivity contribution in [2.45, 2.75) is 18.4 Å². The number of benzene rings is 1. The zero-order chi connectivity index (χ0) is 11.6. The van der Waals surface area contributed by atoms with Gasteiger partial charge in [0.2, 0.25) is 0 Å². The second kappa shape index (κ2) is 4.52. The van der Waals surface area contributed by atoms with E-state index in [1.54, 1.807) is 12.1 Å². The predicted octanol–water partition coefficient (Wildman–Crippen LogP) is 1.97. The zero-order valence-electron chi connectivity index (χ0n) is 9.96. The molecule has 1 fully saturated rings. The van der Waals surface area contributed by atoms with Gasteiger partial charge < -0.3 is 10.2 Å². The molecule has 1 saturated heterocycles. The van der Waals surface area contributed by atoms with Crippen LogP contribution >= 0.6 is 0 Å². The highest BCUT2D eigenvalue weighted by atomic mass is 19.1. The lowest BCUT2D eigenvalue weighted by atomic mass is 9.82. The zero-order valence-corrected chi connectivity index (χ0v) is 9.96. The smallest absolute Gasteiger partial charge is 0.123 e. The van der Waals surface area contributed by atoms with Crippen molar-refractivity contribution in [2.75, 3.05) is 27.2 Å². The maximum atomic E-state index is 13.3. The number of likely N-dealkylation sites (tertiary alicyclic amines) is 1. The summed E-state index contributed by atoms with van der Waals surface area (Å²) in [6.45, 7) is 2.06. The van der Waals surface area contributed by atoms with Crippen molar-refractivity contribution in [3.8, 4) is 0 Å². The summed E-state index contributed by atoms with van der Waals surface area (Å²) >= 11 is 0. The highest BCUT2D eigenvalue weighted by Gasteiger charge is 2.34. The first kappa shape index (κ1) is 11.6. The van der Waals surface area contributed by atoms with E-state index in [2.05, 4.69) is 17.3 Å². The molecule has 88 valence electrons. The maximum absolute atomic E-state index is 13.3. The van der Waals surface area contributed by atoms with Gasteiger partial charge in [-0.15, -0.1) is 0 Å². The van der Waals surface area contributed by atoms with E-state index < -0.39 is 0 Å². The van der Waals surface area contributed by atoms with Crippen LogP contribution in [-0.2, 0) is 5.54 Å². The minimum atomic E-state index is -0.152. The summed E-state index contributed by atoms with van der Waals surface area (Å²) in [6.07, 6.45) is 2.21. The monoisotopic (exact) mass is 222 g/mol. The van der Waals surface area contributed by atoms with Crippen molar-refractivity contribution in [3.63, 3.8) is 0 Å². The summed E-state index contributed by atoms with van der Waals surface area (Å²) in [4.78, 5) is 2.30. The van der Waals surface area contributed by atoms with E-state index in [1.165, 1.54) is 6.07 Å². The topological polar surface area (TPSA) is 15.3 Å². The number of hydrogen-bond donors (Lipinski definition) is 1. The number of likely N-dealkylation sites (N-methyl/N-ethyl adjacent to an activating group) is 2. The first-order chi connectivity index (χ1) is 7.66. The van der Waals surface area contributed by atoms with E-state index in [0.717, 1.165) is 31.5 Å². The van der Waals surface area contributed by atoms with Crippen LogP contribution in [0.5, 0.6) is 0 Å². The fourth-order valence-corrected chi connectivity index (χ4v) is 2.64. The van der Waals surface area contributed by atoms with E-state index in [4.69, 9.17) is 0 Å². The molecule has 2 nitrogen and oxygen atoms in total. The van der Waals surface area contributed by atoms with Gasteiger partial charge in [0, 0.05) is 6.54 Å². The van der Waals surface area contributed by atoms with Gasteiger partial charge in [0.15, 0.2) is 0 Å². The van der Waals surface area contributed by atoms with Gasteiger partial charge in [-0.05, 0) is 51.2 Å². The Kier molecular flexibility index (Phi) is 3.26. The van der Waals surface area contributed by atoms with Crippen LogP contribution in [0.25, 0.3) is 0 Å². The molecule has 1 aliphatic heterocycles. The summed E-state index contributed by atoms with van der Waals surface area (Å²) < 4.78 is 13.3. The first-order valence-electron chi connectivity index (χ1n) is 5.80. The lowest BCUT2D eigenvalue weighted by molar-refractivity contribution is 0.151. The summed E-state index contributed by atoms with van der Waals surface area (Å²) in [7, 11) is 4.08. The second-order valence-electron chi connectivity index (χ2n) is 4.68. The standard InChI is InChI=1S/C13H19FN2/c1-15-13(7-4-8-16(2)10-13)11-5-3-6-12(14)9-11/h3,5-6,9,15H,4,7-8,10H2,1-2H3. The van der Waals surface area contributed by atoms with Crippen LogP contribution in [0.1, 0.15) is 18.4 Å². The maximum Gasteiger partial charge on any atom is 0.123 e. The number of piperidine rings is 1. The number of nitrogens with one attached hydrogen (secondary N) is 1. The van der Waals surface area contributed by atoms with Gasteiger partial charge in [-0.1, -0.05) is 12.1 Å². The van der Waals surface area contributed by atoms with Gasteiger partial charge in [0.05, 0.1) is 5.54 Å². The Morgan fingerprint density at radius 3 is 2.88 bits per heavy atom. The number of nitrogens with zero attached hydrogens (tertiary/aromatic N) is 1. The fraction of sp³-hybridized carbons (Fsp3) is 0.538. The third-order valence-corrected chi connectivity index (χ3v) is 3.54. The van der Waals surface area contributed by atoms with E-state index in [9.17, 15) is 4.39 Å². The quantitative estimate of drug-likeness (QED) is 0.823. The van der Waals surface area contributed by atoms with Crippen LogP contribution in [0.2, 0.25) is 0 Å². The molecule has 0 bridgehead atoms. The van der Waals surface area contributed by atoms with Gasteiger partial charge in [0.25, 0.3) is 0 Å². The van der Waals surface area contributed by atoms with Crippen molar-refractivity contribution in [1.29, 1.82) is 0 Å². The molecule has 0 radical (unpaired) electrons. The van der Waals surface area contributed by atoms with Crippen LogP contribution in [0.15, 0.2) is 24.3 Å². The van der Waals surface area contributed by atoms with Crippen molar-refractivity contribution < 1.29 is 4.39 Å². The SMILES string of the molecule is CNC1(c2cccc(F)c2)CCCN(C)C1. The van der Waals surface area contributed by atoms with Crippen molar-refractivity contribution in [3.05, 3.63) is 35.6 Å². The first-order valence-corrected chi connectivity index (χ1v) is 5.80. The molecular formula is C13H19FN2. The van der Waals surface area contributed by atoms with Gasteiger partial charge in [-0.2, -0.15) is 0 Å². The minimum absolute atomic E-state index is 0.0882. The fourth-order valence-electron chi connectivity index (χ4n) is 2.64. The molecule has 1 atom stereocenters. The molecule has 1 aliphatic rings. The average molecular weight is 222 g/mol. The number of rotatable bonds is 2. The normalized spacial score (nSPS) is 26.9. The lowest BCUT2D eigenvalue weighted by Gasteiger charge is -2.42. The highest BCUT2D eigenvalue weighted by Crippen LogP contribution is 2.30.